The van der Waals surface area contributed by atoms with Gasteiger partial charge in [0.25, 0.3) is 5.91 Å². The molecule has 0 saturated heterocycles. The molecule has 1 amide bonds. The number of nitrogens with one attached hydrogen (secondary N) is 1. The maximum atomic E-state index is 12.0. The predicted octanol–water partition coefficient (Wildman–Crippen LogP) is 2.68. The molecule has 0 aliphatic heterocycles. The molecule has 5 heteroatoms. The highest BCUT2D eigenvalue weighted by molar-refractivity contribution is 7.98. The number of rotatable bonds is 5. The summed E-state index contributed by atoms with van der Waals surface area (Å²) in [7, 11) is 0. The average molecular weight is 276 g/mol. The second-order valence-corrected chi connectivity index (χ2v) is 4.99. The Morgan fingerprint density at radius 2 is 2.21 bits per heavy atom. The van der Waals surface area contributed by atoms with Crippen LogP contribution in [0.2, 0.25) is 0 Å². The van der Waals surface area contributed by atoms with Crippen molar-refractivity contribution in [2.75, 3.05) is 12.8 Å². The van der Waals surface area contributed by atoms with Crippen molar-refractivity contribution in [1.29, 1.82) is 0 Å². The first-order chi connectivity index (χ1) is 9.20. The van der Waals surface area contributed by atoms with Crippen LogP contribution in [-0.4, -0.2) is 23.9 Å². The summed E-state index contributed by atoms with van der Waals surface area (Å²) in [5, 5.41) is 6.70. The zero-order chi connectivity index (χ0) is 13.7. The van der Waals surface area contributed by atoms with E-state index in [2.05, 4.69) is 10.5 Å². The maximum absolute atomic E-state index is 12.0. The zero-order valence-electron chi connectivity index (χ0n) is 11.0. The van der Waals surface area contributed by atoms with Crippen molar-refractivity contribution in [2.45, 2.75) is 18.2 Å². The predicted molar refractivity (Wildman–Crippen MR) is 75.5 cm³/mol. The Morgan fingerprint density at radius 3 is 2.89 bits per heavy atom. The lowest BCUT2D eigenvalue weighted by Crippen LogP contribution is -2.26. The maximum Gasteiger partial charge on any atom is 0.252 e. The van der Waals surface area contributed by atoms with Crippen molar-refractivity contribution in [1.82, 2.24) is 10.5 Å². The quantitative estimate of drug-likeness (QED) is 0.853. The number of aryl methyl sites for hydroxylation is 1. The molecule has 0 bridgehead atoms. The molecule has 4 nitrogen and oxygen atoms in total. The summed E-state index contributed by atoms with van der Waals surface area (Å²) < 4.78 is 5.09. The fraction of sp³-hybridized carbons (Fsp3) is 0.286. The van der Waals surface area contributed by atoms with Crippen LogP contribution in [-0.2, 0) is 6.42 Å². The van der Waals surface area contributed by atoms with Crippen LogP contribution in [0.3, 0.4) is 0 Å². The Bertz CT molecular complexity index is 566. The van der Waals surface area contributed by atoms with E-state index < -0.39 is 0 Å². The van der Waals surface area contributed by atoms with Gasteiger partial charge in [-0.25, -0.2) is 0 Å². The normalized spacial score (nSPS) is 10.4. The van der Waals surface area contributed by atoms with Crippen molar-refractivity contribution in [3.8, 4) is 0 Å². The van der Waals surface area contributed by atoms with E-state index in [1.807, 2.05) is 43.5 Å². The van der Waals surface area contributed by atoms with Gasteiger partial charge in [-0.15, -0.1) is 11.8 Å². The Morgan fingerprint density at radius 1 is 1.42 bits per heavy atom. The largest absolute Gasteiger partial charge is 0.361 e. The number of thioether (sulfide) groups is 1. The SMILES string of the molecule is CSc1ccccc1C(=O)NCCc1cc(C)no1. The lowest BCUT2D eigenvalue weighted by molar-refractivity contribution is 0.0950. The van der Waals surface area contributed by atoms with Gasteiger partial charge in [0, 0.05) is 23.9 Å². The Labute approximate surface area is 116 Å². The molecule has 0 saturated carbocycles. The highest BCUT2D eigenvalue weighted by Gasteiger charge is 2.10. The van der Waals surface area contributed by atoms with Crippen LogP contribution in [0.4, 0.5) is 0 Å². The molecule has 2 aromatic rings. The molecule has 2 rings (SSSR count). The smallest absolute Gasteiger partial charge is 0.252 e. The van der Waals surface area contributed by atoms with E-state index >= 15 is 0 Å². The zero-order valence-corrected chi connectivity index (χ0v) is 11.8. The summed E-state index contributed by atoms with van der Waals surface area (Å²) in [4.78, 5) is 13.0. The molecule has 0 atom stereocenters. The fourth-order valence-corrected chi connectivity index (χ4v) is 2.36. The Balaban J connectivity index is 1.90. The molecule has 0 aliphatic rings. The van der Waals surface area contributed by atoms with E-state index in [0.717, 1.165) is 16.3 Å². The summed E-state index contributed by atoms with van der Waals surface area (Å²) in [6, 6.07) is 9.45. The topological polar surface area (TPSA) is 55.1 Å². The van der Waals surface area contributed by atoms with Crippen LogP contribution in [0, 0.1) is 6.92 Å². The number of carbonyl (C=O) groups excluding carboxylic acids is 1. The van der Waals surface area contributed by atoms with Crippen molar-refractivity contribution in [3.63, 3.8) is 0 Å². The van der Waals surface area contributed by atoms with Crippen molar-refractivity contribution in [2.24, 2.45) is 0 Å². The van der Waals surface area contributed by atoms with Crippen molar-refractivity contribution < 1.29 is 9.32 Å². The average Bonchev–Trinajstić information content (AvgIpc) is 2.84. The van der Waals surface area contributed by atoms with E-state index in [1.54, 1.807) is 11.8 Å². The molecule has 0 unspecified atom stereocenters. The third kappa shape index (κ3) is 3.61. The standard InChI is InChI=1S/C14H16N2O2S/c1-10-9-11(18-16-10)7-8-15-14(17)12-5-3-4-6-13(12)19-2/h3-6,9H,7-8H2,1-2H3,(H,15,17). The second-order valence-electron chi connectivity index (χ2n) is 4.14. The molecule has 0 radical (unpaired) electrons. The van der Waals surface area contributed by atoms with Gasteiger partial charge in [-0.3, -0.25) is 4.79 Å². The third-order valence-electron chi connectivity index (χ3n) is 2.69. The number of hydrogen-bond acceptors (Lipinski definition) is 4. The van der Waals surface area contributed by atoms with Gasteiger partial charge in [0.05, 0.1) is 11.3 Å². The van der Waals surface area contributed by atoms with Crippen LogP contribution >= 0.6 is 11.8 Å². The van der Waals surface area contributed by atoms with Gasteiger partial charge < -0.3 is 9.84 Å². The molecule has 1 aromatic heterocycles. The van der Waals surface area contributed by atoms with Crippen molar-refractivity contribution in [3.05, 3.63) is 47.3 Å². The summed E-state index contributed by atoms with van der Waals surface area (Å²) in [6.45, 7) is 2.41. The van der Waals surface area contributed by atoms with Gasteiger partial charge in [-0.1, -0.05) is 17.3 Å². The number of amides is 1. The van der Waals surface area contributed by atoms with E-state index in [0.29, 0.717) is 18.5 Å². The summed E-state index contributed by atoms with van der Waals surface area (Å²) >= 11 is 1.57. The van der Waals surface area contributed by atoms with Gasteiger partial charge in [0.2, 0.25) is 0 Å². The highest BCUT2D eigenvalue weighted by Crippen LogP contribution is 2.19. The third-order valence-corrected chi connectivity index (χ3v) is 3.48. The first kappa shape index (κ1) is 13.7. The molecule has 100 valence electrons. The monoisotopic (exact) mass is 276 g/mol. The number of aromatic nitrogens is 1. The lowest BCUT2D eigenvalue weighted by Gasteiger charge is -2.07. The molecular formula is C14H16N2O2S. The number of hydrogen-bond donors (Lipinski definition) is 1. The lowest BCUT2D eigenvalue weighted by atomic mass is 10.2. The van der Waals surface area contributed by atoms with Gasteiger partial charge in [-0.05, 0) is 25.3 Å². The molecule has 19 heavy (non-hydrogen) atoms. The minimum Gasteiger partial charge on any atom is -0.361 e. The minimum atomic E-state index is -0.0545. The fourth-order valence-electron chi connectivity index (χ4n) is 1.76. The van der Waals surface area contributed by atoms with E-state index in [4.69, 9.17) is 4.52 Å². The molecule has 1 heterocycles. The van der Waals surface area contributed by atoms with Crippen LogP contribution in [0.5, 0.6) is 0 Å². The number of benzene rings is 1. The molecular weight excluding hydrogens is 260 g/mol. The summed E-state index contributed by atoms with van der Waals surface area (Å²) in [6.07, 6.45) is 2.61. The van der Waals surface area contributed by atoms with Gasteiger partial charge >= 0.3 is 0 Å². The van der Waals surface area contributed by atoms with E-state index in [-0.39, 0.29) is 5.91 Å². The number of nitrogens with zero attached hydrogens (tertiary/aromatic N) is 1. The van der Waals surface area contributed by atoms with Gasteiger partial charge in [0.15, 0.2) is 0 Å². The summed E-state index contributed by atoms with van der Waals surface area (Å²) in [5.74, 6) is 0.733. The highest BCUT2D eigenvalue weighted by atomic mass is 32.2. The Hall–Kier alpha value is -1.75. The minimum absolute atomic E-state index is 0.0545. The summed E-state index contributed by atoms with van der Waals surface area (Å²) in [5.41, 5.74) is 1.57. The molecule has 0 spiro atoms. The molecule has 1 N–H and O–H groups in total. The van der Waals surface area contributed by atoms with Crippen LogP contribution in [0.25, 0.3) is 0 Å². The van der Waals surface area contributed by atoms with Crippen molar-refractivity contribution >= 4 is 17.7 Å². The van der Waals surface area contributed by atoms with E-state index in [9.17, 15) is 4.79 Å². The van der Waals surface area contributed by atoms with Crippen LogP contribution in [0.1, 0.15) is 21.8 Å². The molecule has 0 aliphatic carbocycles. The van der Waals surface area contributed by atoms with Crippen LogP contribution in [0.15, 0.2) is 39.8 Å². The number of carbonyl (C=O) groups is 1. The molecule has 1 aromatic carbocycles. The van der Waals surface area contributed by atoms with Gasteiger partial charge in [-0.2, -0.15) is 0 Å². The van der Waals surface area contributed by atoms with Gasteiger partial charge in [0.1, 0.15) is 5.76 Å². The molecule has 0 fully saturated rings. The first-order valence-corrected chi connectivity index (χ1v) is 7.26. The van der Waals surface area contributed by atoms with Crippen LogP contribution < -0.4 is 5.32 Å². The van der Waals surface area contributed by atoms with E-state index in [1.165, 1.54) is 0 Å². The Kier molecular flexibility index (Phi) is 4.63. The second kappa shape index (κ2) is 6.43. The first-order valence-electron chi connectivity index (χ1n) is 6.04.